The summed E-state index contributed by atoms with van der Waals surface area (Å²) in [4.78, 5) is 0. The van der Waals surface area contributed by atoms with E-state index in [0.29, 0.717) is 12.5 Å². The van der Waals surface area contributed by atoms with Gasteiger partial charge in [-0.15, -0.1) is 0 Å². The van der Waals surface area contributed by atoms with E-state index in [1.807, 2.05) is 13.8 Å². The van der Waals surface area contributed by atoms with Crippen LogP contribution < -0.4 is 10.1 Å². The van der Waals surface area contributed by atoms with Crippen LogP contribution >= 0.6 is 0 Å². The van der Waals surface area contributed by atoms with Crippen molar-refractivity contribution in [1.82, 2.24) is 5.32 Å². The molecule has 0 fully saturated rings. The van der Waals surface area contributed by atoms with Crippen LogP contribution in [0.1, 0.15) is 27.2 Å². The summed E-state index contributed by atoms with van der Waals surface area (Å²) < 4.78 is 70.5. The predicted molar refractivity (Wildman–Crippen MR) is 68.6 cm³/mol. The summed E-state index contributed by atoms with van der Waals surface area (Å²) in [5.74, 6) is -10.9. The zero-order valence-electron chi connectivity index (χ0n) is 12.1. The molecular formula is C14H18F5NO. The summed E-state index contributed by atoms with van der Waals surface area (Å²) in [5.41, 5.74) is 0. The smallest absolute Gasteiger partial charge is 0.207 e. The average Bonchev–Trinajstić information content (AvgIpc) is 2.44. The van der Waals surface area contributed by atoms with Gasteiger partial charge in [0.1, 0.15) is 6.10 Å². The van der Waals surface area contributed by atoms with Crippen LogP contribution in [0.3, 0.4) is 0 Å². The Kier molecular flexibility index (Phi) is 6.39. The minimum absolute atomic E-state index is 0.228. The maximum Gasteiger partial charge on any atom is 0.207 e. The van der Waals surface area contributed by atoms with E-state index in [1.165, 1.54) is 6.92 Å². The standard InChI is InChI=1S/C14H18F5NO/c1-7(2)4-5-20-6-8(3)21-14-12(18)10(16)9(15)11(17)13(14)19/h7-8,20H,4-6H2,1-3H3. The van der Waals surface area contributed by atoms with E-state index in [1.54, 1.807) is 0 Å². The summed E-state index contributed by atoms with van der Waals surface area (Å²) in [7, 11) is 0. The number of hydrogen-bond acceptors (Lipinski definition) is 2. The van der Waals surface area contributed by atoms with Crippen molar-refractivity contribution < 1.29 is 26.7 Å². The Hall–Kier alpha value is -1.37. The highest BCUT2D eigenvalue weighted by atomic mass is 19.2. The maximum absolute atomic E-state index is 13.4. The zero-order chi connectivity index (χ0) is 16.2. The normalized spacial score (nSPS) is 12.8. The lowest BCUT2D eigenvalue weighted by molar-refractivity contribution is 0.188. The first-order chi connectivity index (χ1) is 9.75. The second-order valence-corrected chi connectivity index (χ2v) is 5.21. The molecule has 0 saturated carbocycles. The van der Waals surface area contributed by atoms with E-state index in [4.69, 9.17) is 4.74 Å². The summed E-state index contributed by atoms with van der Waals surface area (Å²) in [6.45, 7) is 6.45. The quantitative estimate of drug-likeness (QED) is 0.358. The van der Waals surface area contributed by atoms with Crippen LogP contribution in [-0.4, -0.2) is 19.2 Å². The van der Waals surface area contributed by atoms with Crippen LogP contribution in [0.25, 0.3) is 0 Å². The Morgan fingerprint density at radius 2 is 1.33 bits per heavy atom. The van der Waals surface area contributed by atoms with Gasteiger partial charge >= 0.3 is 0 Å². The molecule has 0 aliphatic rings. The SMILES string of the molecule is CC(C)CCNCC(C)Oc1c(F)c(F)c(F)c(F)c1F. The van der Waals surface area contributed by atoms with Crippen molar-refractivity contribution in [2.24, 2.45) is 5.92 Å². The van der Waals surface area contributed by atoms with E-state index in [-0.39, 0.29) is 6.54 Å². The molecule has 0 radical (unpaired) electrons. The molecule has 0 saturated heterocycles. The van der Waals surface area contributed by atoms with Gasteiger partial charge in [0.15, 0.2) is 5.75 Å². The molecule has 1 aromatic rings. The number of benzene rings is 1. The molecule has 7 heteroatoms. The summed E-state index contributed by atoms with van der Waals surface area (Å²) >= 11 is 0. The molecule has 120 valence electrons. The molecule has 0 aliphatic heterocycles. The third-order valence-corrected chi connectivity index (χ3v) is 2.82. The highest BCUT2D eigenvalue weighted by Gasteiger charge is 2.27. The van der Waals surface area contributed by atoms with Gasteiger partial charge in [-0.25, -0.2) is 13.2 Å². The molecule has 0 spiro atoms. The van der Waals surface area contributed by atoms with Crippen LogP contribution in [0.4, 0.5) is 22.0 Å². The second kappa shape index (κ2) is 7.59. The van der Waals surface area contributed by atoms with Gasteiger partial charge in [-0.05, 0) is 25.8 Å². The molecule has 1 rings (SSSR count). The van der Waals surface area contributed by atoms with Crippen LogP contribution in [0.2, 0.25) is 0 Å². The predicted octanol–water partition coefficient (Wildman–Crippen LogP) is 3.79. The van der Waals surface area contributed by atoms with Crippen molar-refractivity contribution in [3.05, 3.63) is 29.1 Å². The van der Waals surface area contributed by atoms with Crippen molar-refractivity contribution in [3.63, 3.8) is 0 Å². The Balaban J connectivity index is 2.70. The van der Waals surface area contributed by atoms with Crippen LogP contribution in [-0.2, 0) is 0 Å². The number of halogens is 5. The summed E-state index contributed by atoms with van der Waals surface area (Å²) in [5, 5.41) is 2.98. The fourth-order valence-corrected chi connectivity index (χ4v) is 1.63. The van der Waals surface area contributed by atoms with E-state index >= 15 is 0 Å². The van der Waals surface area contributed by atoms with Gasteiger partial charge in [0.25, 0.3) is 0 Å². The van der Waals surface area contributed by atoms with Gasteiger partial charge in [-0.3, -0.25) is 0 Å². The lowest BCUT2D eigenvalue weighted by Gasteiger charge is -2.17. The second-order valence-electron chi connectivity index (χ2n) is 5.21. The Labute approximate surface area is 120 Å². The molecule has 21 heavy (non-hydrogen) atoms. The summed E-state index contributed by atoms with van der Waals surface area (Å²) in [6, 6.07) is 0. The Morgan fingerprint density at radius 3 is 1.81 bits per heavy atom. The lowest BCUT2D eigenvalue weighted by Crippen LogP contribution is -2.30. The first-order valence-corrected chi connectivity index (χ1v) is 6.64. The third kappa shape index (κ3) is 4.56. The van der Waals surface area contributed by atoms with Gasteiger partial charge in [-0.1, -0.05) is 13.8 Å². The lowest BCUT2D eigenvalue weighted by atomic mass is 10.1. The molecule has 1 aromatic carbocycles. The maximum atomic E-state index is 13.4. The molecule has 0 aliphatic carbocycles. The van der Waals surface area contributed by atoms with Gasteiger partial charge in [-0.2, -0.15) is 8.78 Å². The molecule has 2 nitrogen and oxygen atoms in total. The van der Waals surface area contributed by atoms with E-state index in [0.717, 1.165) is 6.42 Å². The number of rotatable bonds is 7. The Bertz CT molecular complexity index is 464. The molecule has 0 aromatic heterocycles. The first-order valence-electron chi connectivity index (χ1n) is 6.64. The molecule has 1 N–H and O–H groups in total. The Morgan fingerprint density at radius 1 is 0.857 bits per heavy atom. The number of hydrogen-bond donors (Lipinski definition) is 1. The van der Waals surface area contributed by atoms with E-state index in [2.05, 4.69) is 5.32 Å². The fraction of sp³-hybridized carbons (Fsp3) is 0.571. The average molecular weight is 311 g/mol. The monoisotopic (exact) mass is 311 g/mol. The third-order valence-electron chi connectivity index (χ3n) is 2.82. The molecule has 1 unspecified atom stereocenters. The topological polar surface area (TPSA) is 21.3 Å². The van der Waals surface area contributed by atoms with Crippen molar-refractivity contribution in [1.29, 1.82) is 0 Å². The summed E-state index contributed by atoms with van der Waals surface area (Å²) in [6.07, 6.45) is 0.153. The van der Waals surface area contributed by atoms with Crippen LogP contribution in [0, 0.1) is 35.0 Å². The van der Waals surface area contributed by atoms with Crippen LogP contribution in [0.5, 0.6) is 5.75 Å². The minimum atomic E-state index is -2.19. The first kappa shape index (κ1) is 17.7. The zero-order valence-corrected chi connectivity index (χ0v) is 12.1. The van der Waals surface area contributed by atoms with Crippen molar-refractivity contribution >= 4 is 0 Å². The molecule has 0 amide bonds. The largest absolute Gasteiger partial charge is 0.483 e. The van der Waals surface area contributed by atoms with Gasteiger partial charge in [0, 0.05) is 6.54 Å². The van der Waals surface area contributed by atoms with Gasteiger partial charge < -0.3 is 10.1 Å². The minimum Gasteiger partial charge on any atom is -0.483 e. The van der Waals surface area contributed by atoms with Gasteiger partial charge in [0.05, 0.1) is 0 Å². The molecule has 1 atom stereocenters. The van der Waals surface area contributed by atoms with Gasteiger partial charge in [0.2, 0.25) is 29.1 Å². The van der Waals surface area contributed by atoms with Crippen molar-refractivity contribution in [2.45, 2.75) is 33.3 Å². The van der Waals surface area contributed by atoms with Crippen molar-refractivity contribution in [2.75, 3.05) is 13.1 Å². The molecule has 0 heterocycles. The molecule has 0 bridgehead atoms. The van der Waals surface area contributed by atoms with Crippen molar-refractivity contribution in [3.8, 4) is 5.75 Å². The fourth-order valence-electron chi connectivity index (χ4n) is 1.63. The van der Waals surface area contributed by atoms with E-state index < -0.39 is 40.9 Å². The highest BCUT2D eigenvalue weighted by Crippen LogP contribution is 2.29. The van der Waals surface area contributed by atoms with E-state index in [9.17, 15) is 22.0 Å². The molecular weight excluding hydrogens is 293 g/mol. The number of ether oxygens (including phenoxy) is 1. The number of nitrogens with one attached hydrogen (secondary N) is 1. The highest BCUT2D eigenvalue weighted by molar-refractivity contribution is 5.29. The van der Waals surface area contributed by atoms with Crippen LogP contribution in [0.15, 0.2) is 0 Å².